The van der Waals surface area contributed by atoms with Crippen LogP contribution in [0.15, 0.2) is 77.3 Å². The van der Waals surface area contributed by atoms with Gasteiger partial charge < -0.3 is 9.47 Å². The molecule has 3 aromatic carbocycles. The van der Waals surface area contributed by atoms with Crippen LogP contribution in [0, 0.1) is 6.92 Å². The van der Waals surface area contributed by atoms with Gasteiger partial charge in [-0.1, -0.05) is 48.5 Å². The second-order valence-corrected chi connectivity index (χ2v) is 6.44. The Morgan fingerprint density at radius 3 is 2.28 bits per heavy atom. The molecule has 3 rings (SSSR count). The average molecular weight is 397 g/mol. The SMILES string of the molecule is Cc1ccc(OCC(=O)Oc2ccc(-c3ccccc3)cc2)c(Br)c1. The van der Waals surface area contributed by atoms with Gasteiger partial charge in [0.25, 0.3) is 0 Å². The maximum absolute atomic E-state index is 12.0. The van der Waals surface area contributed by atoms with Crippen molar-refractivity contribution in [2.45, 2.75) is 6.92 Å². The predicted octanol–water partition coefficient (Wildman–Crippen LogP) is 5.41. The van der Waals surface area contributed by atoms with Crippen molar-refractivity contribution >= 4 is 21.9 Å². The summed E-state index contributed by atoms with van der Waals surface area (Å²) in [4.78, 5) is 12.0. The quantitative estimate of drug-likeness (QED) is 0.427. The fourth-order valence-corrected chi connectivity index (χ4v) is 2.97. The van der Waals surface area contributed by atoms with Crippen LogP contribution >= 0.6 is 15.9 Å². The highest BCUT2D eigenvalue weighted by atomic mass is 79.9. The highest BCUT2D eigenvalue weighted by molar-refractivity contribution is 9.10. The third-order valence-corrected chi connectivity index (χ3v) is 4.25. The van der Waals surface area contributed by atoms with Gasteiger partial charge in [0.1, 0.15) is 11.5 Å². The largest absolute Gasteiger partial charge is 0.481 e. The zero-order chi connectivity index (χ0) is 17.6. The van der Waals surface area contributed by atoms with E-state index in [0.29, 0.717) is 11.5 Å². The van der Waals surface area contributed by atoms with Crippen LogP contribution in [-0.4, -0.2) is 12.6 Å². The summed E-state index contributed by atoms with van der Waals surface area (Å²) < 4.78 is 11.6. The fourth-order valence-electron chi connectivity index (χ4n) is 2.37. The minimum Gasteiger partial charge on any atom is -0.481 e. The molecule has 0 atom stereocenters. The summed E-state index contributed by atoms with van der Waals surface area (Å²) in [5.74, 6) is 0.665. The Hall–Kier alpha value is -2.59. The van der Waals surface area contributed by atoms with Gasteiger partial charge in [0.05, 0.1) is 4.47 Å². The molecule has 0 amide bonds. The number of rotatable bonds is 5. The topological polar surface area (TPSA) is 35.5 Å². The fraction of sp³-hybridized carbons (Fsp3) is 0.0952. The van der Waals surface area contributed by atoms with Crippen molar-refractivity contribution in [1.82, 2.24) is 0 Å². The standard InChI is InChI=1S/C21H17BrO3/c1-15-7-12-20(19(22)13-15)24-14-21(23)25-18-10-8-17(9-11-18)16-5-3-2-4-6-16/h2-13H,14H2,1H3. The molecule has 0 bridgehead atoms. The van der Waals surface area contributed by atoms with Crippen LogP contribution in [0.4, 0.5) is 0 Å². The van der Waals surface area contributed by atoms with E-state index in [4.69, 9.17) is 9.47 Å². The van der Waals surface area contributed by atoms with Crippen molar-refractivity contribution in [1.29, 1.82) is 0 Å². The summed E-state index contributed by atoms with van der Waals surface area (Å²) in [7, 11) is 0. The van der Waals surface area contributed by atoms with Crippen LogP contribution in [0.5, 0.6) is 11.5 Å². The number of hydrogen-bond donors (Lipinski definition) is 0. The first-order chi connectivity index (χ1) is 12.1. The number of halogens is 1. The van der Waals surface area contributed by atoms with Crippen LogP contribution < -0.4 is 9.47 Å². The molecule has 0 aliphatic heterocycles. The molecule has 25 heavy (non-hydrogen) atoms. The molecule has 4 heteroatoms. The molecule has 0 radical (unpaired) electrons. The minimum atomic E-state index is -0.445. The lowest BCUT2D eigenvalue weighted by Gasteiger charge is -2.09. The number of hydrogen-bond acceptors (Lipinski definition) is 3. The normalized spacial score (nSPS) is 10.3. The van der Waals surface area contributed by atoms with Gasteiger partial charge in [-0.25, -0.2) is 4.79 Å². The van der Waals surface area contributed by atoms with Crippen LogP contribution in [0.25, 0.3) is 11.1 Å². The summed E-state index contributed by atoms with van der Waals surface area (Å²) in [5.41, 5.74) is 3.30. The molecule has 0 saturated heterocycles. The van der Waals surface area contributed by atoms with E-state index in [9.17, 15) is 4.79 Å². The lowest BCUT2D eigenvalue weighted by Crippen LogP contribution is -2.17. The summed E-state index contributed by atoms with van der Waals surface area (Å²) >= 11 is 3.42. The summed E-state index contributed by atoms with van der Waals surface area (Å²) in [6.07, 6.45) is 0. The van der Waals surface area contributed by atoms with Gasteiger partial charge in [0, 0.05) is 0 Å². The first-order valence-electron chi connectivity index (χ1n) is 7.87. The van der Waals surface area contributed by atoms with E-state index < -0.39 is 5.97 Å². The maximum atomic E-state index is 12.0. The maximum Gasteiger partial charge on any atom is 0.349 e. The zero-order valence-corrected chi connectivity index (χ0v) is 15.3. The van der Waals surface area contributed by atoms with E-state index in [-0.39, 0.29) is 6.61 Å². The van der Waals surface area contributed by atoms with Gasteiger partial charge in [0.2, 0.25) is 0 Å². The number of aryl methyl sites for hydroxylation is 1. The highest BCUT2D eigenvalue weighted by Gasteiger charge is 2.08. The highest BCUT2D eigenvalue weighted by Crippen LogP contribution is 2.26. The van der Waals surface area contributed by atoms with E-state index in [1.165, 1.54) is 0 Å². The molecule has 0 saturated carbocycles. The van der Waals surface area contributed by atoms with Gasteiger partial charge in [-0.05, 0) is 63.8 Å². The van der Waals surface area contributed by atoms with Crippen molar-refractivity contribution in [3.8, 4) is 22.6 Å². The molecule has 126 valence electrons. The molecule has 0 fully saturated rings. The van der Waals surface area contributed by atoms with E-state index in [0.717, 1.165) is 21.2 Å². The first kappa shape index (κ1) is 17.2. The summed E-state index contributed by atoms with van der Waals surface area (Å²) in [6, 6.07) is 23.1. The smallest absolute Gasteiger partial charge is 0.349 e. The second-order valence-electron chi connectivity index (χ2n) is 5.59. The van der Waals surface area contributed by atoms with Crippen LogP contribution in [0.3, 0.4) is 0 Å². The number of benzene rings is 3. The Balaban J connectivity index is 1.57. The summed E-state index contributed by atoms with van der Waals surface area (Å²) in [5, 5.41) is 0. The Kier molecular flexibility index (Phi) is 5.51. The number of ether oxygens (including phenoxy) is 2. The molecule has 0 aliphatic carbocycles. The Morgan fingerprint density at radius 2 is 1.60 bits per heavy atom. The monoisotopic (exact) mass is 396 g/mol. The third-order valence-electron chi connectivity index (χ3n) is 3.63. The van der Waals surface area contributed by atoms with E-state index in [1.54, 1.807) is 12.1 Å². The van der Waals surface area contributed by atoms with E-state index in [2.05, 4.69) is 15.9 Å². The zero-order valence-electron chi connectivity index (χ0n) is 13.7. The Bertz CT molecular complexity index is 858. The number of esters is 1. The van der Waals surface area contributed by atoms with Crippen molar-refractivity contribution in [2.75, 3.05) is 6.61 Å². The second kappa shape index (κ2) is 7.99. The molecule has 0 unspecified atom stereocenters. The predicted molar refractivity (Wildman–Crippen MR) is 102 cm³/mol. The molecule has 3 aromatic rings. The lowest BCUT2D eigenvalue weighted by molar-refractivity contribution is -0.136. The van der Waals surface area contributed by atoms with Crippen LogP contribution in [0.1, 0.15) is 5.56 Å². The summed E-state index contributed by atoms with van der Waals surface area (Å²) in [6.45, 7) is 1.84. The first-order valence-corrected chi connectivity index (χ1v) is 8.66. The van der Waals surface area contributed by atoms with Gasteiger partial charge in [-0.3, -0.25) is 0 Å². The van der Waals surface area contributed by atoms with Crippen molar-refractivity contribution in [3.05, 3.63) is 82.8 Å². The van der Waals surface area contributed by atoms with Crippen molar-refractivity contribution in [3.63, 3.8) is 0 Å². The van der Waals surface area contributed by atoms with Crippen LogP contribution in [-0.2, 0) is 4.79 Å². The third kappa shape index (κ3) is 4.70. The van der Waals surface area contributed by atoms with E-state index in [1.807, 2.05) is 67.6 Å². The van der Waals surface area contributed by atoms with Gasteiger partial charge in [-0.2, -0.15) is 0 Å². The molecule has 0 N–H and O–H groups in total. The Morgan fingerprint density at radius 1 is 0.920 bits per heavy atom. The molecular formula is C21H17BrO3. The lowest BCUT2D eigenvalue weighted by atomic mass is 10.1. The van der Waals surface area contributed by atoms with Gasteiger partial charge in [0.15, 0.2) is 6.61 Å². The molecule has 0 heterocycles. The molecule has 0 aliphatic rings. The minimum absolute atomic E-state index is 0.151. The van der Waals surface area contributed by atoms with Crippen molar-refractivity contribution < 1.29 is 14.3 Å². The van der Waals surface area contributed by atoms with Crippen molar-refractivity contribution in [2.24, 2.45) is 0 Å². The molecular weight excluding hydrogens is 380 g/mol. The number of carbonyl (C=O) groups excluding carboxylic acids is 1. The molecule has 0 spiro atoms. The number of carbonyl (C=O) groups is 1. The molecule has 3 nitrogen and oxygen atoms in total. The average Bonchev–Trinajstić information content (AvgIpc) is 2.62. The Labute approximate surface area is 155 Å². The van der Waals surface area contributed by atoms with Gasteiger partial charge in [-0.15, -0.1) is 0 Å². The van der Waals surface area contributed by atoms with Gasteiger partial charge >= 0.3 is 5.97 Å². The molecule has 0 aromatic heterocycles. The van der Waals surface area contributed by atoms with E-state index >= 15 is 0 Å². The van der Waals surface area contributed by atoms with Crippen LogP contribution in [0.2, 0.25) is 0 Å².